The van der Waals surface area contributed by atoms with Crippen LogP contribution in [0.4, 0.5) is 0 Å². The quantitative estimate of drug-likeness (QED) is 0.633. The Morgan fingerprint density at radius 3 is 2.37 bits per heavy atom. The van der Waals surface area contributed by atoms with Crippen molar-refractivity contribution in [1.29, 1.82) is 0 Å². The van der Waals surface area contributed by atoms with Crippen LogP contribution in [0.25, 0.3) is 5.70 Å². The smallest absolute Gasteiger partial charge is 0.335 e. The van der Waals surface area contributed by atoms with Crippen molar-refractivity contribution >= 4 is 11.7 Å². The van der Waals surface area contributed by atoms with Gasteiger partial charge in [-0.05, 0) is 50.3 Å². The minimum atomic E-state index is -0.851. The molecule has 1 atom stereocenters. The predicted molar refractivity (Wildman–Crippen MR) is 110 cm³/mol. The molecule has 1 aliphatic heterocycles. The lowest BCUT2D eigenvalue weighted by atomic mass is 9.89. The van der Waals surface area contributed by atoms with Gasteiger partial charge in [-0.2, -0.15) is 0 Å². The van der Waals surface area contributed by atoms with Crippen molar-refractivity contribution < 1.29 is 9.53 Å². The highest BCUT2D eigenvalue weighted by Gasteiger charge is 2.41. The molecule has 27 heavy (non-hydrogen) atoms. The zero-order chi connectivity index (χ0) is 20.0. The van der Waals surface area contributed by atoms with Crippen molar-refractivity contribution in [2.24, 2.45) is 0 Å². The van der Waals surface area contributed by atoms with Crippen LogP contribution in [-0.2, 0) is 28.9 Å². The SMILES string of the molecule is CCCCc1c(CCC)cc(C2=CC(C)(C(=O)OC)N2)c(=O)n1CCCC. The molecule has 0 bridgehead atoms. The molecule has 1 aromatic heterocycles. The average molecular weight is 375 g/mol. The monoisotopic (exact) mass is 374 g/mol. The Balaban J connectivity index is 2.53. The van der Waals surface area contributed by atoms with Gasteiger partial charge in [-0.15, -0.1) is 0 Å². The van der Waals surface area contributed by atoms with Crippen molar-refractivity contribution in [3.8, 4) is 0 Å². The van der Waals surface area contributed by atoms with Crippen LogP contribution < -0.4 is 10.9 Å². The number of methoxy groups -OCH3 is 1. The summed E-state index contributed by atoms with van der Waals surface area (Å²) in [6.45, 7) is 9.01. The number of rotatable bonds is 10. The van der Waals surface area contributed by atoms with Crippen LogP contribution in [0.15, 0.2) is 16.9 Å². The number of hydrogen-bond donors (Lipinski definition) is 1. The number of aryl methyl sites for hydroxylation is 1. The predicted octanol–water partition coefficient (Wildman–Crippen LogP) is 3.82. The molecule has 0 spiro atoms. The molecule has 0 radical (unpaired) electrons. The maximum Gasteiger partial charge on any atom is 0.335 e. The van der Waals surface area contributed by atoms with Crippen LogP contribution in [0.3, 0.4) is 0 Å². The van der Waals surface area contributed by atoms with Gasteiger partial charge in [-0.3, -0.25) is 4.79 Å². The molecule has 2 rings (SSSR count). The molecule has 5 heteroatoms. The largest absolute Gasteiger partial charge is 0.467 e. The van der Waals surface area contributed by atoms with Gasteiger partial charge in [0.15, 0.2) is 5.54 Å². The van der Waals surface area contributed by atoms with E-state index in [0.717, 1.165) is 57.2 Å². The fourth-order valence-electron chi connectivity index (χ4n) is 3.66. The van der Waals surface area contributed by atoms with Gasteiger partial charge < -0.3 is 14.6 Å². The first-order chi connectivity index (χ1) is 12.9. The van der Waals surface area contributed by atoms with Gasteiger partial charge in [0.25, 0.3) is 5.56 Å². The Hall–Kier alpha value is -2.04. The molecule has 1 aromatic rings. The lowest BCUT2D eigenvalue weighted by Gasteiger charge is -2.36. The molecule has 150 valence electrons. The number of unbranched alkanes of at least 4 members (excludes halogenated alkanes) is 2. The van der Waals surface area contributed by atoms with Crippen LogP contribution in [0.5, 0.6) is 0 Å². The first-order valence-corrected chi connectivity index (χ1v) is 10.3. The van der Waals surface area contributed by atoms with Crippen LogP contribution in [0.1, 0.15) is 76.6 Å². The molecule has 0 saturated heterocycles. The molecule has 2 heterocycles. The molecular formula is C22H34N2O3. The fourth-order valence-corrected chi connectivity index (χ4v) is 3.66. The third-order valence-corrected chi connectivity index (χ3v) is 5.24. The molecule has 0 saturated carbocycles. The molecule has 0 aliphatic carbocycles. The topological polar surface area (TPSA) is 60.3 Å². The van der Waals surface area contributed by atoms with E-state index in [2.05, 4.69) is 26.1 Å². The fraction of sp³-hybridized carbons (Fsp3) is 0.636. The average Bonchev–Trinajstić information content (AvgIpc) is 2.64. The lowest BCUT2D eigenvalue weighted by Crippen LogP contribution is -2.55. The number of pyridine rings is 1. The van der Waals surface area contributed by atoms with Gasteiger partial charge in [0, 0.05) is 17.9 Å². The minimum absolute atomic E-state index is 0.0417. The molecule has 0 aromatic carbocycles. The van der Waals surface area contributed by atoms with Crippen LogP contribution >= 0.6 is 0 Å². The number of ether oxygens (including phenoxy) is 1. The van der Waals surface area contributed by atoms with E-state index in [4.69, 9.17) is 4.74 Å². The molecule has 1 unspecified atom stereocenters. The molecule has 0 amide bonds. The zero-order valence-corrected chi connectivity index (χ0v) is 17.5. The Labute approximate surface area is 162 Å². The summed E-state index contributed by atoms with van der Waals surface area (Å²) < 4.78 is 6.83. The van der Waals surface area contributed by atoms with E-state index >= 15 is 0 Å². The number of aromatic nitrogens is 1. The highest BCUT2D eigenvalue weighted by molar-refractivity contribution is 5.92. The van der Waals surface area contributed by atoms with E-state index in [0.29, 0.717) is 5.56 Å². The van der Waals surface area contributed by atoms with Crippen molar-refractivity contribution in [3.05, 3.63) is 39.3 Å². The van der Waals surface area contributed by atoms with E-state index in [1.165, 1.54) is 18.4 Å². The lowest BCUT2D eigenvalue weighted by molar-refractivity contribution is -0.145. The summed E-state index contributed by atoms with van der Waals surface area (Å²) in [7, 11) is 1.38. The van der Waals surface area contributed by atoms with Crippen molar-refractivity contribution in [1.82, 2.24) is 9.88 Å². The summed E-state index contributed by atoms with van der Waals surface area (Å²) in [5, 5.41) is 3.15. The zero-order valence-electron chi connectivity index (χ0n) is 17.5. The van der Waals surface area contributed by atoms with Gasteiger partial charge in [0.2, 0.25) is 0 Å². The second-order valence-electron chi connectivity index (χ2n) is 7.57. The Bertz CT molecular complexity index is 764. The third kappa shape index (κ3) is 4.45. The van der Waals surface area contributed by atoms with Crippen molar-refractivity contribution in [3.63, 3.8) is 0 Å². The summed E-state index contributed by atoms with van der Waals surface area (Å²) in [5.41, 5.74) is 3.03. The number of carbonyl (C=O) groups is 1. The summed E-state index contributed by atoms with van der Waals surface area (Å²) >= 11 is 0. The third-order valence-electron chi connectivity index (χ3n) is 5.24. The number of esters is 1. The van der Waals surface area contributed by atoms with Gasteiger partial charge >= 0.3 is 5.97 Å². The number of hydrogen-bond acceptors (Lipinski definition) is 4. The van der Waals surface area contributed by atoms with E-state index < -0.39 is 5.54 Å². The maximum absolute atomic E-state index is 13.3. The molecule has 1 N–H and O–H groups in total. The Morgan fingerprint density at radius 2 is 1.81 bits per heavy atom. The summed E-state index contributed by atoms with van der Waals surface area (Å²) in [4.78, 5) is 25.2. The first-order valence-electron chi connectivity index (χ1n) is 10.3. The molecule has 0 fully saturated rings. The molecule has 5 nitrogen and oxygen atoms in total. The second kappa shape index (κ2) is 9.25. The van der Waals surface area contributed by atoms with Gasteiger partial charge in [0.1, 0.15) is 0 Å². The number of nitrogens with zero attached hydrogens (tertiary/aromatic N) is 1. The van der Waals surface area contributed by atoms with Gasteiger partial charge in [0.05, 0.1) is 12.7 Å². The summed E-state index contributed by atoms with van der Waals surface area (Å²) in [6.07, 6.45) is 8.98. The van der Waals surface area contributed by atoms with E-state index in [1.54, 1.807) is 13.0 Å². The van der Waals surface area contributed by atoms with Crippen LogP contribution in [0, 0.1) is 0 Å². The molecular weight excluding hydrogens is 340 g/mol. The normalized spacial score (nSPS) is 18.5. The first kappa shape index (κ1) is 21.3. The van der Waals surface area contributed by atoms with E-state index in [-0.39, 0.29) is 11.5 Å². The standard InChI is InChI=1S/C22H34N2O3/c1-6-9-12-19-16(11-8-3)14-17(20(25)24(19)13-10-7-2)18-15-22(4,23-18)21(26)27-5/h14-15,23H,6-13H2,1-5H3. The number of carbonyl (C=O) groups excluding carboxylic acids is 1. The molecule has 1 aliphatic rings. The van der Waals surface area contributed by atoms with E-state index in [1.807, 2.05) is 10.6 Å². The summed E-state index contributed by atoms with van der Waals surface area (Å²) in [5.74, 6) is -0.342. The Kier molecular flexibility index (Phi) is 7.28. The maximum atomic E-state index is 13.3. The van der Waals surface area contributed by atoms with Crippen LogP contribution in [-0.4, -0.2) is 23.2 Å². The second-order valence-corrected chi connectivity index (χ2v) is 7.57. The van der Waals surface area contributed by atoms with Gasteiger partial charge in [-0.25, -0.2) is 4.79 Å². The Morgan fingerprint density at radius 1 is 1.15 bits per heavy atom. The summed E-state index contributed by atoms with van der Waals surface area (Å²) in [6, 6.07) is 2.04. The minimum Gasteiger partial charge on any atom is -0.467 e. The van der Waals surface area contributed by atoms with Crippen molar-refractivity contribution in [2.75, 3.05) is 7.11 Å². The van der Waals surface area contributed by atoms with Crippen molar-refractivity contribution in [2.45, 2.75) is 84.7 Å². The van der Waals surface area contributed by atoms with Crippen LogP contribution in [0.2, 0.25) is 0 Å². The van der Waals surface area contributed by atoms with E-state index in [9.17, 15) is 9.59 Å². The highest BCUT2D eigenvalue weighted by atomic mass is 16.5. The highest BCUT2D eigenvalue weighted by Crippen LogP contribution is 2.29. The van der Waals surface area contributed by atoms with Gasteiger partial charge in [-0.1, -0.05) is 40.0 Å². The number of nitrogens with one attached hydrogen (secondary N) is 1.